The number of hydrogen-bond donors (Lipinski definition) is 3. The summed E-state index contributed by atoms with van der Waals surface area (Å²) in [5, 5.41) is 10.4. The van der Waals surface area contributed by atoms with Crippen LogP contribution in [0.4, 0.5) is 4.79 Å². The predicted molar refractivity (Wildman–Crippen MR) is 111 cm³/mol. The number of urea groups is 1. The molecular formula is C21H30N4O3S. The molecular weight excluding hydrogens is 388 g/mol. The summed E-state index contributed by atoms with van der Waals surface area (Å²) >= 11 is 1.75. The molecule has 1 aliphatic carbocycles. The Morgan fingerprint density at radius 2 is 2.00 bits per heavy atom. The van der Waals surface area contributed by atoms with Gasteiger partial charge in [0.1, 0.15) is 5.54 Å². The van der Waals surface area contributed by atoms with E-state index in [2.05, 4.69) is 45.3 Å². The van der Waals surface area contributed by atoms with Crippen LogP contribution >= 0.6 is 11.3 Å². The van der Waals surface area contributed by atoms with Gasteiger partial charge in [-0.1, -0.05) is 13.0 Å². The lowest BCUT2D eigenvalue weighted by Gasteiger charge is -2.37. The van der Waals surface area contributed by atoms with Crippen LogP contribution in [-0.4, -0.2) is 47.9 Å². The van der Waals surface area contributed by atoms with Gasteiger partial charge < -0.3 is 10.6 Å². The topological polar surface area (TPSA) is 90.5 Å². The van der Waals surface area contributed by atoms with Crippen molar-refractivity contribution in [2.45, 2.75) is 57.0 Å². The summed E-state index contributed by atoms with van der Waals surface area (Å²) in [5.74, 6) is 0.485. The average molecular weight is 419 g/mol. The number of rotatable bonds is 5. The quantitative estimate of drug-likeness (QED) is 0.641. The third-order valence-corrected chi connectivity index (χ3v) is 7.80. The Balaban J connectivity index is 1.33. The molecule has 0 radical (unpaired) electrons. The van der Waals surface area contributed by atoms with Crippen LogP contribution in [-0.2, 0) is 9.59 Å². The smallest absolute Gasteiger partial charge is 0.322 e. The van der Waals surface area contributed by atoms with Gasteiger partial charge in [-0.15, -0.1) is 11.3 Å². The molecule has 0 aromatic carbocycles. The molecule has 3 fully saturated rings. The van der Waals surface area contributed by atoms with Crippen LogP contribution in [0.5, 0.6) is 0 Å². The zero-order valence-corrected chi connectivity index (χ0v) is 17.7. The first-order valence-corrected chi connectivity index (χ1v) is 11.5. The molecule has 29 heavy (non-hydrogen) atoms. The second-order valence-electron chi connectivity index (χ2n) is 8.76. The first-order valence-electron chi connectivity index (χ1n) is 10.7. The molecule has 3 aliphatic rings. The number of piperidine rings is 1. The van der Waals surface area contributed by atoms with E-state index in [1.54, 1.807) is 11.3 Å². The Morgan fingerprint density at radius 1 is 1.28 bits per heavy atom. The number of likely N-dealkylation sites (tertiary alicyclic amines) is 1. The molecule has 1 unspecified atom stereocenters. The third-order valence-electron chi connectivity index (χ3n) is 6.82. The van der Waals surface area contributed by atoms with E-state index in [4.69, 9.17) is 0 Å². The molecule has 3 N–H and O–H groups in total. The number of hydrogen-bond acceptors (Lipinski definition) is 5. The number of thiophene rings is 1. The number of carbonyl (C=O) groups is 3. The van der Waals surface area contributed by atoms with Crippen LogP contribution in [0.3, 0.4) is 0 Å². The molecule has 8 heteroatoms. The third kappa shape index (κ3) is 4.33. The van der Waals surface area contributed by atoms with E-state index >= 15 is 0 Å². The molecule has 4 amide bonds. The minimum Gasteiger partial charge on any atom is -0.354 e. The summed E-state index contributed by atoms with van der Waals surface area (Å²) in [6.45, 7) is 5.06. The van der Waals surface area contributed by atoms with Gasteiger partial charge in [0.2, 0.25) is 5.91 Å². The molecule has 1 atom stereocenters. The van der Waals surface area contributed by atoms with Gasteiger partial charge in [-0.05, 0) is 69.0 Å². The maximum atomic E-state index is 12.8. The Morgan fingerprint density at radius 3 is 2.59 bits per heavy atom. The largest absolute Gasteiger partial charge is 0.354 e. The van der Waals surface area contributed by atoms with Crippen molar-refractivity contribution in [2.24, 2.45) is 11.8 Å². The molecule has 158 valence electrons. The predicted octanol–water partition coefficient (Wildman–Crippen LogP) is 2.41. The van der Waals surface area contributed by atoms with Crippen molar-refractivity contribution in [1.29, 1.82) is 0 Å². The summed E-state index contributed by atoms with van der Waals surface area (Å²) in [5.41, 5.74) is -0.808. The van der Waals surface area contributed by atoms with Gasteiger partial charge in [-0.25, -0.2) is 4.79 Å². The maximum absolute atomic E-state index is 12.8. The molecule has 1 saturated carbocycles. The first-order chi connectivity index (χ1) is 14.0. The van der Waals surface area contributed by atoms with Crippen LogP contribution in [0, 0.1) is 11.8 Å². The van der Waals surface area contributed by atoms with Crippen molar-refractivity contribution >= 4 is 29.2 Å². The highest BCUT2D eigenvalue weighted by Gasteiger charge is 2.48. The number of carbonyl (C=O) groups excluding carboxylic acids is 3. The van der Waals surface area contributed by atoms with Crippen LogP contribution in [0.25, 0.3) is 0 Å². The fraction of sp³-hybridized carbons (Fsp3) is 0.667. The number of nitrogens with zero attached hydrogens (tertiary/aromatic N) is 1. The van der Waals surface area contributed by atoms with E-state index in [0.717, 1.165) is 19.0 Å². The molecule has 1 spiro atoms. The van der Waals surface area contributed by atoms with Crippen molar-refractivity contribution < 1.29 is 14.4 Å². The highest BCUT2D eigenvalue weighted by atomic mass is 32.1. The van der Waals surface area contributed by atoms with Gasteiger partial charge >= 0.3 is 6.03 Å². The average Bonchev–Trinajstić information content (AvgIpc) is 3.32. The molecule has 7 nitrogen and oxygen atoms in total. The minimum absolute atomic E-state index is 0.0662. The highest BCUT2D eigenvalue weighted by Crippen LogP contribution is 2.35. The molecule has 3 heterocycles. The Labute approximate surface area is 175 Å². The summed E-state index contributed by atoms with van der Waals surface area (Å²) in [4.78, 5) is 40.2. The van der Waals surface area contributed by atoms with Crippen LogP contribution < -0.4 is 16.0 Å². The van der Waals surface area contributed by atoms with Crippen LogP contribution in [0.1, 0.15) is 56.4 Å². The summed E-state index contributed by atoms with van der Waals surface area (Å²) in [6.07, 6.45) is 4.67. The zero-order valence-electron chi connectivity index (χ0n) is 16.9. The maximum Gasteiger partial charge on any atom is 0.322 e. The van der Waals surface area contributed by atoms with E-state index in [1.807, 2.05) is 0 Å². The molecule has 2 aliphatic heterocycles. The lowest BCUT2D eigenvalue weighted by Crippen LogP contribution is -2.51. The van der Waals surface area contributed by atoms with Gasteiger partial charge in [0, 0.05) is 17.3 Å². The fourth-order valence-electron chi connectivity index (χ4n) is 4.83. The molecule has 4 rings (SSSR count). The van der Waals surface area contributed by atoms with Gasteiger partial charge in [0.15, 0.2) is 0 Å². The standard InChI is InChI=1S/C21H30N4O3S/c1-14-6-10-25(11-7-14)16(17-3-2-12-29-17)13-22-18(26)15-4-8-21(9-5-15)19(27)23-20(28)24-21/h2-3,12,14-16H,4-11,13H2,1H3,(H,22,26)(H2,23,24,27,28). The monoisotopic (exact) mass is 418 g/mol. The Bertz CT molecular complexity index is 750. The molecule has 1 aromatic heterocycles. The zero-order chi connectivity index (χ0) is 20.4. The lowest BCUT2D eigenvalue weighted by molar-refractivity contribution is -0.130. The number of imide groups is 1. The second kappa shape index (κ2) is 8.44. The first kappa shape index (κ1) is 20.3. The van der Waals surface area contributed by atoms with Crippen LogP contribution in [0.15, 0.2) is 17.5 Å². The van der Waals surface area contributed by atoms with E-state index in [1.165, 1.54) is 17.7 Å². The van der Waals surface area contributed by atoms with Crippen molar-refractivity contribution in [1.82, 2.24) is 20.9 Å². The Kier molecular flexibility index (Phi) is 5.92. The Hall–Kier alpha value is -1.93. The second-order valence-corrected chi connectivity index (χ2v) is 9.74. The normalized spacial score (nSPS) is 29.5. The fourth-order valence-corrected chi connectivity index (χ4v) is 5.69. The van der Waals surface area contributed by atoms with Gasteiger partial charge in [-0.3, -0.25) is 19.8 Å². The van der Waals surface area contributed by atoms with E-state index in [-0.39, 0.29) is 23.8 Å². The summed E-state index contributed by atoms with van der Waals surface area (Å²) in [6, 6.07) is 4.03. The highest BCUT2D eigenvalue weighted by molar-refractivity contribution is 7.10. The number of amides is 4. The molecule has 0 bridgehead atoms. The van der Waals surface area contributed by atoms with Crippen molar-refractivity contribution in [3.63, 3.8) is 0 Å². The van der Waals surface area contributed by atoms with Gasteiger partial charge in [-0.2, -0.15) is 0 Å². The molecule has 1 aromatic rings. The minimum atomic E-state index is -0.808. The van der Waals surface area contributed by atoms with Crippen molar-refractivity contribution in [2.75, 3.05) is 19.6 Å². The summed E-state index contributed by atoms with van der Waals surface area (Å²) in [7, 11) is 0. The van der Waals surface area contributed by atoms with Crippen LogP contribution in [0.2, 0.25) is 0 Å². The van der Waals surface area contributed by atoms with E-state index in [0.29, 0.717) is 32.2 Å². The van der Waals surface area contributed by atoms with Gasteiger partial charge in [0.05, 0.1) is 6.04 Å². The summed E-state index contributed by atoms with van der Waals surface area (Å²) < 4.78 is 0. The molecule has 2 saturated heterocycles. The van der Waals surface area contributed by atoms with Crippen molar-refractivity contribution in [3.05, 3.63) is 22.4 Å². The number of nitrogens with one attached hydrogen (secondary N) is 3. The van der Waals surface area contributed by atoms with E-state index < -0.39 is 11.6 Å². The lowest BCUT2D eigenvalue weighted by atomic mass is 9.76. The van der Waals surface area contributed by atoms with Crippen molar-refractivity contribution in [3.8, 4) is 0 Å². The SMILES string of the molecule is CC1CCN(C(CNC(=O)C2CCC3(CC2)NC(=O)NC3=O)c2cccs2)CC1. The van der Waals surface area contributed by atoms with Gasteiger partial charge in [0.25, 0.3) is 5.91 Å². The van der Waals surface area contributed by atoms with E-state index in [9.17, 15) is 14.4 Å².